The average Bonchev–Trinajstić information content (AvgIpc) is 2.90. The van der Waals surface area contributed by atoms with Crippen molar-refractivity contribution in [2.75, 3.05) is 5.32 Å². The highest BCUT2D eigenvalue weighted by atomic mass is 19.4. The van der Waals surface area contributed by atoms with Crippen LogP contribution in [0.25, 0.3) is 16.8 Å². The standard InChI is InChI=1S/C25H18F3N7O/c26-25(27,28)21(13-20(29)19-7-3-11-31-15-19)32-22-8-9-23(35-34-22)33-24(36)17-5-1-4-16(12-17)18-6-2-10-30-14-18/h1-15H,29H2,(H,33,35,36). The number of allylic oxidation sites excluding steroid dienone is 1. The Morgan fingerprint density at radius 3 is 2.25 bits per heavy atom. The number of nitrogens with two attached hydrogens (primary N) is 1. The molecule has 8 nitrogen and oxygen atoms in total. The Labute approximate surface area is 203 Å². The fourth-order valence-corrected chi connectivity index (χ4v) is 3.08. The van der Waals surface area contributed by atoms with Crippen LogP contribution in [0.4, 0.5) is 24.8 Å². The van der Waals surface area contributed by atoms with Crippen molar-refractivity contribution in [2.24, 2.45) is 10.7 Å². The summed E-state index contributed by atoms with van der Waals surface area (Å²) in [7, 11) is 0. The van der Waals surface area contributed by atoms with Crippen LogP contribution in [0.3, 0.4) is 0 Å². The lowest BCUT2D eigenvalue weighted by atomic mass is 10.0. The zero-order chi connectivity index (χ0) is 25.5. The van der Waals surface area contributed by atoms with Gasteiger partial charge in [-0.05, 0) is 54.1 Å². The summed E-state index contributed by atoms with van der Waals surface area (Å²) >= 11 is 0. The second-order valence-electron chi connectivity index (χ2n) is 7.39. The smallest absolute Gasteiger partial charge is 0.398 e. The lowest BCUT2D eigenvalue weighted by Crippen LogP contribution is -2.22. The number of rotatable bonds is 6. The van der Waals surface area contributed by atoms with E-state index in [2.05, 4.69) is 30.5 Å². The quantitative estimate of drug-likeness (QED) is 0.375. The molecular weight excluding hydrogens is 471 g/mol. The maximum Gasteiger partial charge on any atom is 0.433 e. The molecule has 180 valence electrons. The molecule has 3 aromatic heterocycles. The van der Waals surface area contributed by atoms with Crippen molar-refractivity contribution in [1.29, 1.82) is 0 Å². The van der Waals surface area contributed by atoms with E-state index in [1.165, 1.54) is 30.6 Å². The van der Waals surface area contributed by atoms with Gasteiger partial charge in [0, 0.05) is 47.2 Å². The van der Waals surface area contributed by atoms with E-state index in [1.807, 2.05) is 12.1 Å². The first kappa shape index (κ1) is 24.2. The molecule has 1 amide bonds. The van der Waals surface area contributed by atoms with Gasteiger partial charge in [-0.3, -0.25) is 14.8 Å². The Balaban J connectivity index is 1.51. The van der Waals surface area contributed by atoms with Crippen LogP contribution in [0, 0.1) is 0 Å². The van der Waals surface area contributed by atoms with Crippen molar-refractivity contribution in [3.63, 3.8) is 0 Å². The van der Waals surface area contributed by atoms with Crippen LogP contribution in [0.5, 0.6) is 0 Å². The first-order valence-electron chi connectivity index (χ1n) is 10.5. The van der Waals surface area contributed by atoms with E-state index in [-0.39, 0.29) is 17.3 Å². The normalized spacial score (nSPS) is 12.3. The van der Waals surface area contributed by atoms with Crippen molar-refractivity contribution < 1.29 is 18.0 Å². The van der Waals surface area contributed by atoms with E-state index in [4.69, 9.17) is 5.73 Å². The lowest BCUT2D eigenvalue weighted by Gasteiger charge is -2.09. The molecular formula is C25H18F3N7O. The van der Waals surface area contributed by atoms with Crippen molar-refractivity contribution in [3.05, 3.63) is 103 Å². The number of nitrogens with one attached hydrogen (secondary N) is 1. The number of anilines is 1. The molecule has 0 fully saturated rings. The molecule has 3 heterocycles. The summed E-state index contributed by atoms with van der Waals surface area (Å²) in [5.74, 6) is -0.728. The first-order valence-corrected chi connectivity index (χ1v) is 10.5. The molecule has 0 atom stereocenters. The fraction of sp³-hybridized carbons (Fsp3) is 0.0400. The molecule has 4 aromatic rings. The van der Waals surface area contributed by atoms with Crippen molar-refractivity contribution in [1.82, 2.24) is 20.2 Å². The van der Waals surface area contributed by atoms with Gasteiger partial charge in [-0.2, -0.15) is 13.2 Å². The predicted molar refractivity (Wildman–Crippen MR) is 129 cm³/mol. The summed E-state index contributed by atoms with van der Waals surface area (Å²) in [5.41, 5.74) is 6.66. The lowest BCUT2D eigenvalue weighted by molar-refractivity contribution is -0.0576. The molecule has 0 aliphatic carbocycles. The number of carbonyl (C=O) groups is 1. The molecule has 4 rings (SSSR count). The topological polar surface area (TPSA) is 119 Å². The van der Waals surface area contributed by atoms with Gasteiger partial charge in [0.05, 0.1) is 0 Å². The van der Waals surface area contributed by atoms with Crippen LogP contribution in [0.2, 0.25) is 0 Å². The number of pyridine rings is 2. The highest BCUT2D eigenvalue weighted by Gasteiger charge is 2.34. The summed E-state index contributed by atoms with van der Waals surface area (Å²) in [5, 5.41) is 10.0. The monoisotopic (exact) mass is 489 g/mol. The minimum absolute atomic E-state index is 0.0460. The number of hydrogen-bond acceptors (Lipinski definition) is 7. The molecule has 1 aromatic carbocycles. The van der Waals surface area contributed by atoms with Crippen LogP contribution < -0.4 is 11.1 Å². The maximum atomic E-state index is 13.5. The molecule has 11 heteroatoms. The summed E-state index contributed by atoms with van der Waals surface area (Å²) in [4.78, 5) is 24.1. The van der Waals surface area contributed by atoms with Crippen LogP contribution in [0.1, 0.15) is 15.9 Å². The second-order valence-corrected chi connectivity index (χ2v) is 7.39. The van der Waals surface area contributed by atoms with Gasteiger partial charge in [0.1, 0.15) is 5.71 Å². The molecule has 0 aliphatic heterocycles. The third kappa shape index (κ3) is 6.14. The van der Waals surface area contributed by atoms with Gasteiger partial charge in [0.15, 0.2) is 11.6 Å². The first-order chi connectivity index (χ1) is 17.3. The molecule has 0 spiro atoms. The highest BCUT2D eigenvalue weighted by molar-refractivity contribution is 6.05. The molecule has 36 heavy (non-hydrogen) atoms. The fourth-order valence-electron chi connectivity index (χ4n) is 3.08. The Kier molecular flexibility index (Phi) is 7.10. The number of carbonyl (C=O) groups excluding carboxylic acids is 1. The van der Waals surface area contributed by atoms with E-state index in [0.717, 1.165) is 11.1 Å². The summed E-state index contributed by atoms with van der Waals surface area (Å²) in [6, 6.07) is 16.1. The van der Waals surface area contributed by atoms with E-state index in [0.29, 0.717) is 17.2 Å². The van der Waals surface area contributed by atoms with Crippen LogP contribution in [0.15, 0.2) is 96.5 Å². The number of hydrogen-bond donors (Lipinski definition) is 2. The summed E-state index contributed by atoms with van der Waals surface area (Å²) in [6.07, 6.45) is 2.05. The van der Waals surface area contributed by atoms with Crippen molar-refractivity contribution >= 4 is 29.0 Å². The number of benzene rings is 1. The van der Waals surface area contributed by atoms with E-state index < -0.39 is 17.8 Å². The zero-order valence-electron chi connectivity index (χ0n) is 18.5. The van der Waals surface area contributed by atoms with E-state index >= 15 is 0 Å². The van der Waals surface area contributed by atoms with Gasteiger partial charge in [0.25, 0.3) is 5.91 Å². The number of nitrogens with zero attached hydrogens (tertiary/aromatic N) is 5. The van der Waals surface area contributed by atoms with Gasteiger partial charge < -0.3 is 11.1 Å². The molecule has 0 saturated heterocycles. The van der Waals surface area contributed by atoms with E-state index in [1.54, 1.807) is 42.7 Å². The minimum atomic E-state index is -4.79. The minimum Gasteiger partial charge on any atom is -0.398 e. The van der Waals surface area contributed by atoms with Gasteiger partial charge >= 0.3 is 6.18 Å². The van der Waals surface area contributed by atoms with E-state index in [9.17, 15) is 18.0 Å². The highest BCUT2D eigenvalue weighted by Crippen LogP contribution is 2.24. The van der Waals surface area contributed by atoms with Crippen LogP contribution in [-0.2, 0) is 0 Å². The molecule has 0 saturated carbocycles. The van der Waals surface area contributed by atoms with Crippen molar-refractivity contribution in [3.8, 4) is 11.1 Å². The molecule has 0 bridgehead atoms. The SMILES string of the molecule is NC(=CC(=Nc1ccc(NC(=O)c2cccc(-c3cccnc3)c2)nn1)C(F)(F)F)c1cccnc1. The molecule has 3 N–H and O–H groups in total. The number of aromatic nitrogens is 4. The van der Waals surface area contributed by atoms with Gasteiger partial charge in [0.2, 0.25) is 0 Å². The third-order valence-electron chi connectivity index (χ3n) is 4.82. The predicted octanol–water partition coefficient (Wildman–Crippen LogP) is 4.82. The van der Waals surface area contributed by atoms with Gasteiger partial charge in [-0.25, -0.2) is 4.99 Å². The number of halogens is 3. The maximum absolute atomic E-state index is 13.5. The largest absolute Gasteiger partial charge is 0.433 e. The summed E-state index contributed by atoms with van der Waals surface area (Å²) < 4.78 is 40.6. The molecule has 0 radical (unpaired) electrons. The third-order valence-corrected chi connectivity index (χ3v) is 4.82. The van der Waals surface area contributed by atoms with Crippen LogP contribution in [-0.4, -0.2) is 38.0 Å². The zero-order valence-corrected chi connectivity index (χ0v) is 18.5. The Morgan fingerprint density at radius 1 is 0.889 bits per heavy atom. The summed E-state index contributed by atoms with van der Waals surface area (Å²) in [6.45, 7) is 0. The number of aliphatic imine (C=N–C) groups is 1. The van der Waals surface area contributed by atoms with Gasteiger partial charge in [-0.15, -0.1) is 10.2 Å². The number of amides is 1. The second kappa shape index (κ2) is 10.6. The van der Waals surface area contributed by atoms with Crippen molar-refractivity contribution in [2.45, 2.75) is 6.18 Å². The molecule has 0 aliphatic rings. The Bertz CT molecular complexity index is 1410. The Hall–Kier alpha value is -4.93. The molecule has 0 unspecified atom stereocenters. The van der Waals surface area contributed by atoms with Crippen LogP contribution >= 0.6 is 0 Å². The average molecular weight is 489 g/mol. The Morgan fingerprint density at radius 2 is 1.61 bits per heavy atom. The number of alkyl halides is 3. The van der Waals surface area contributed by atoms with Gasteiger partial charge in [-0.1, -0.05) is 18.2 Å².